The van der Waals surface area contributed by atoms with Crippen LogP contribution in [0.1, 0.15) is 33.6 Å². The van der Waals surface area contributed by atoms with Crippen LogP contribution in [-0.4, -0.2) is 62.3 Å². The Labute approximate surface area is 127 Å². The van der Waals surface area contributed by atoms with Crippen molar-refractivity contribution in [1.29, 1.82) is 0 Å². The van der Waals surface area contributed by atoms with Crippen molar-refractivity contribution in [2.45, 2.75) is 44.8 Å². The molecular weight excluding hydrogens is 272 g/mol. The number of carbonyl (C=O) groups is 1. The summed E-state index contributed by atoms with van der Waals surface area (Å²) in [6, 6.07) is 0. The van der Waals surface area contributed by atoms with E-state index in [1.165, 1.54) is 0 Å². The van der Waals surface area contributed by atoms with Crippen LogP contribution in [-0.2, 0) is 14.2 Å². The van der Waals surface area contributed by atoms with Gasteiger partial charge in [-0.2, -0.15) is 0 Å². The number of nitrogens with zero attached hydrogens (tertiary/aromatic N) is 1. The lowest BCUT2D eigenvalue weighted by molar-refractivity contribution is -0.152. The van der Waals surface area contributed by atoms with Crippen molar-refractivity contribution in [3.05, 3.63) is 0 Å². The van der Waals surface area contributed by atoms with Gasteiger partial charge in [0.05, 0.1) is 12.2 Å². The van der Waals surface area contributed by atoms with Crippen LogP contribution in [0, 0.1) is 5.92 Å². The molecule has 0 radical (unpaired) electrons. The first kappa shape index (κ1) is 16.5. The molecule has 122 valence electrons. The van der Waals surface area contributed by atoms with E-state index in [-0.39, 0.29) is 11.7 Å². The number of hydrogen-bond acceptors (Lipinski definition) is 5. The number of ether oxygens (including phenoxy) is 3. The molecule has 2 atom stereocenters. The molecule has 6 heteroatoms. The number of nitrogens with one attached hydrogen (secondary N) is 1. The first-order valence-electron chi connectivity index (χ1n) is 7.65. The molecule has 2 unspecified atom stereocenters. The maximum Gasteiger partial charge on any atom is 0.412 e. The van der Waals surface area contributed by atoms with Gasteiger partial charge in [-0.15, -0.1) is 0 Å². The summed E-state index contributed by atoms with van der Waals surface area (Å²) in [6.07, 6.45) is 1.52. The molecule has 2 aliphatic rings. The maximum absolute atomic E-state index is 12.0. The van der Waals surface area contributed by atoms with Crippen LogP contribution >= 0.6 is 0 Å². The minimum absolute atomic E-state index is 0.167. The lowest BCUT2D eigenvalue weighted by atomic mass is 9.83. The highest BCUT2D eigenvalue weighted by Gasteiger charge is 2.41. The normalized spacial score (nSPS) is 30.5. The third kappa shape index (κ3) is 4.56. The van der Waals surface area contributed by atoms with Crippen molar-refractivity contribution < 1.29 is 19.0 Å². The van der Waals surface area contributed by atoms with Crippen molar-refractivity contribution in [1.82, 2.24) is 10.2 Å². The van der Waals surface area contributed by atoms with Gasteiger partial charge in [0, 0.05) is 26.7 Å². The highest BCUT2D eigenvalue weighted by molar-refractivity contribution is 5.68. The number of hydrogen-bond donors (Lipinski definition) is 1. The fraction of sp³-hybridized carbons (Fsp3) is 0.933. The number of rotatable bonds is 2. The van der Waals surface area contributed by atoms with Gasteiger partial charge in [0.2, 0.25) is 0 Å². The van der Waals surface area contributed by atoms with E-state index in [1.54, 1.807) is 12.0 Å². The summed E-state index contributed by atoms with van der Waals surface area (Å²) in [6.45, 7) is 9.15. The van der Waals surface area contributed by atoms with E-state index >= 15 is 0 Å². The van der Waals surface area contributed by atoms with E-state index in [1.807, 2.05) is 20.8 Å². The van der Waals surface area contributed by atoms with Gasteiger partial charge >= 0.3 is 6.09 Å². The molecule has 0 aromatic carbocycles. The molecule has 0 saturated carbocycles. The second-order valence-electron chi connectivity index (χ2n) is 7.11. The summed E-state index contributed by atoms with van der Waals surface area (Å²) in [5.74, 6) is 0.469. The first-order valence-corrected chi connectivity index (χ1v) is 7.65. The van der Waals surface area contributed by atoms with Crippen LogP contribution in [0.15, 0.2) is 0 Å². The van der Waals surface area contributed by atoms with Crippen LogP contribution in [0.3, 0.4) is 0 Å². The van der Waals surface area contributed by atoms with E-state index in [0.717, 1.165) is 32.5 Å². The van der Waals surface area contributed by atoms with Crippen molar-refractivity contribution in [3.8, 4) is 0 Å². The molecule has 2 fully saturated rings. The van der Waals surface area contributed by atoms with Crippen LogP contribution < -0.4 is 5.32 Å². The van der Waals surface area contributed by atoms with Gasteiger partial charge in [0.1, 0.15) is 12.3 Å². The Kier molecular flexibility index (Phi) is 5.11. The van der Waals surface area contributed by atoms with Crippen molar-refractivity contribution >= 4 is 6.09 Å². The SMILES string of the molecule is COCC1CNCC2(CCN(C(=O)OC(C)(C)C)CO2)C1. The zero-order chi connectivity index (χ0) is 15.5. The molecule has 2 aliphatic heterocycles. The van der Waals surface area contributed by atoms with Gasteiger partial charge < -0.3 is 19.5 Å². The molecule has 0 aliphatic carbocycles. The fourth-order valence-electron chi connectivity index (χ4n) is 2.99. The van der Waals surface area contributed by atoms with Crippen molar-refractivity contribution in [2.24, 2.45) is 5.92 Å². The number of amides is 1. The summed E-state index contributed by atoms with van der Waals surface area (Å²) >= 11 is 0. The number of carbonyl (C=O) groups excluding carboxylic acids is 1. The van der Waals surface area contributed by atoms with Crippen LogP contribution in [0.2, 0.25) is 0 Å². The third-order valence-corrected chi connectivity index (χ3v) is 3.96. The molecule has 21 heavy (non-hydrogen) atoms. The topological polar surface area (TPSA) is 60.0 Å². The summed E-state index contributed by atoms with van der Waals surface area (Å²) < 4.78 is 16.7. The molecule has 0 bridgehead atoms. The van der Waals surface area contributed by atoms with Crippen LogP contribution in [0.5, 0.6) is 0 Å². The Hall–Kier alpha value is -0.850. The molecule has 2 heterocycles. The van der Waals surface area contributed by atoms with E-state index < -0.39 is 5.60 Å². The fourth-order valence-corrected chi connectivity index (χ4v) is 2.99. The second kappa shape index (κ2) is 6.50. The minimum Gasteiger partial charge on any atom is -0.444 e. The molecule has 1 amide bonds. The maximum atomic E-state index is 12.0. The van der Waals surface area contributed by atoms with E-state index in [0.29, 0.717) is 19.2 Å². The molecule has 2 rings (SSSR count). The Morgan fingerprint density at radius 2 is 2.24 bits per heavy atom. The Balaban J connectivity index is 1.86. The van der Waals surface area contributed by atoms with Crippen molar-refractivity contribution in [2.75, 3.05) is 40.1 Å². The average molecular weight is 300 g/mol. The molecule has 1 spiro atoms. The Bertz CT molecular complexity index is 357. The molecule has 0 aromatic rings. The molecule has 1 N–H and O–H groups in total. The van der Waals surface area contributed by atoms with Gasteiger partial charge in [0.25, 0.3) is 0 Å². The predicted molar refractivity (Wildman–Crippen MR) is 79.1 cm³/mol. The largest absolute Gasteiger partial charge is 0.444 e. The lowest BCUT2D eigenvalue weighted by Crippen LogP contribution is -2.58. The van der Waals surface area contributed by atoms with Crippen LogP contribution in [0.4, 0.5) is 4.79 Å². The minimum atomic E-state index is -0.470. The van der Waals surface area contributed by atoms with Gasteiger partial charge in [-0.1, -0.05) is 0 Å². The van der Waals surface area contributed by atoms with Gasteiger partial charge in [-0.05, 0) is 39.5 Å². The quantitative estimate of drug-likeness (QED) is 0.839. The smallest absolute Gasteiger partial charge is 0.412 e. The van der Waals surface area contributed by atoms with Gasteiger partial charge in [-0.25, -0.2) is 4.79 Å². The first-order chi connectivity index (χ1) is 9.84. The summed E-state index contributed by atoms with van der Waals surface area (Å²) in [4.78, 5) is 13.7. The lowest BCUT2D eigenvalue weighted by Gasteiger charge is -2.46. The summed E-state index contributed by atoms with van der Waals surface area (Å²) in [7, 11) is 1.73. The van der Waals surface area contributed by atoms with E-state index in [9.17, 15) is 4.79 Å². The molecule has 0 aromatic heterocycles. The van der Waals surface area contributed by atoms with E-state index in [2.05, 4.69) is 5.32 Å². The van der Waals surface area contributed by atoms with E-state index in [4.69, 9.17) is 14.2 Å². The Morgan fingerprint density at radius 3 is 2.81 bits per heavy atom. The number of piperidine rings is 1. The van der Waals surface area contributed by atoms with Gasteiger partial charge in [-0.3, -0.25) is 4.90 Å². The van der Waals surface area contributed by atoms with Crippen molar-refractivity contribution in [3.63, 3.8) is 0 Å². The second-order valence-corrected chi connectivity index (χ2v) is 7.11. The Morgan fingerprint density at radius 1 is 1.48 bits per heavy atom. The van der Waals surface area contributed by atoms with Gasteiger partial charge in [0.15, 0.2) is 0 Å². The molecule has 2 saturated heterocycles. The summed E-state index contributed by atoms with van der Waals surface area (Å²) in [5.41, 5.74) is -0.637. The monoisotopic (exact) mass is 300 g/mol. The zero-order valence-electron chi connectivity index (χ0n) is 13.6. The zero-order valence-corrected chi connectivity index (χ0v) is 13.6. The highest BCUT2D eigenvalue weighted by Crippen LogP contribution is 2.32. The third-order valence-electron chi connectivity index (χ3n) is 3.96. The standard InChI is InChI=1S/C15H28N2O4/c1-14(2,3)21-13(18)17-6-5-15(20-11-17)7-12(9-19-4)8-16-10-15/h12,16H,5-11H2,1-4H3. The number of methoxy groups -OCH3 is 1. The highest BCUT2D eigenvalue weighted by atomic mass is 16.6. The predicted octanol–water partition coefficient (Wildman–Crippen LogP) is 1.60. The summed E-state index contributed by atoms with van der Waals surface area (Å²) in [5, 5.41) is 3.42. The molecule has 6 nitrogen and oxygen atoms in total. The molecular formula is C15H28N2O4. The van der Waals surface area contributed by atoms with Crippen LogP contribution in [0.25, 0.3) is 0 Å². The average Bonchev–Trinajstić information content (AvgIpc) is 2.38.